The van der Waals surface area contributed by atoms with Crippen molar-refractivity contribution in [2.75, 3.05) is 26.4 Å². The first-order valence-electron chi connectivity index (χ1n) is 19.2. The third-order valence-corrected chi connectivity index (χ3v) is 10.1. The Morgan fingerprint density at radius 2 is 0.784 bits per heavy atom. The van der Waals surface area contributed by atoms with Crippen molar-refractivity contribution in [2.24, 2.45) is 0 Å². The number of fused-ring (bicyclic) bond motifs is 7. The lowest BCUT2D eigenvalue weighted by atomic mass is 9.86. The monoisotopic (exact) mass is 680 g/mol. The zero-order chi connectivity index (χ0) is 35.2. The van der Waals surface area contributed by atoms with E-state index in [0.29, 0.717) is 26.4 Å². The van der Waals surface area contributed by atoms with E-state index in [1.54, 1.807) is 0 Å². The largest absolute Gasteiger partial charge is 0.493 e. The van der Waals surface area contributed by atoms with Gasteiger partial charge >= 0.3 is 0 Å². The first-order chi connectivity index (χ1) is 25.1. The molecule has 5 aromatic rings. The van der Waals surface area contributed by atoms with Gasteiger partial charge in [-0.25, -0.2) is 0 Å². The molecule has 0 N–H and O–H groups in total. The molecule has 4 heteroatoms. The maximum absolute atomic E-state index is 6.88. The van der Waals surface area contributed by atoms with E-state index < -0.39 is 0 Å². The van der Waals surface area contributed by atoms with Gasteiger partial charge in [-0.3, -0.25) is 0 Å². The van der Waals surface area contributed by atoms with Crippen LogP contribution in [0.25, 0.3) is 11.1 Å². The Labute approximate surface area is 304 Å². The Morgan fingerprint density at radius 1 is 0.412 bits per heavy atom. The van der Waals surface area contributed by atoms with Gasteiger partial charge in [0.05, 0.1) is 26.4 Å². The molecule has 0 atom stereocenters. The molecule has 2 aliphatic rings. The minimum Gasteiger partial charge on any atom is -0.493 e. The smallest absolute Gasteiger partial charge is 0.127 e. The van der Waals surface area contributed by atoms with Crippen LogP contribution in [0.3, 0.4) is 0 Å². The fourth-order valence-corrected chi connectivity index (χ4v) is 7.90. The van der Waals surface area contributed by atoms with E-state index in [9.17, 15) is 0 Å². The van der Waals surface area contributed by atoms with E-state index in [0.717, 1.165) is 74.4 Å². The van der Waals surface area contributed by atoms with Crippen molar-refractivity contribution in [1.82, 2.24) is 0 Å². The molecule has 51 heavy (non-hydrogen) atoms. The van der Waals surface area contributed by atoms with Crippen molar-refractivity contribution in [1.29, 1.82) is 0 Å². The van der Waals surface area contributed by atoms with Crippen LogP contribution in [0.5, 0.6) is 23.0 Å². The van der Waals surface area contributed by atoms with Crippen molar-refractivity contribution in [3.8, 4) is 34.1 Å². The molecule has 0 radical (unpaired) electrons. The van der Waals surface area contributed by atoms with Crippen LogP contribution in [0.15, 0.2) is 91.0 Å². The average molecular weight is 681 g/mol. The molecule has 0 spiro atoms. The van der Waals surface area contributed by atoms with Gasteiger partial charge in [0.25, 0.3) is 0 Å². The quantitative estimate of drug-likeness (QED) is 0.115. The van der Waals surface area contributed by atoms with Gasteiger partial charge in [-0.05, 0) is 82.2 Å². The molecular formula is C47H52O4. The van der Waals surface area contributed by atoms with Gasteiger partial charge < -0.3 is 18.9 Å². The van der Waals surface area contributed by atoms with Crippen LogP contribution in [0, 0.1) is 0 Å². The van der Waals surface area contributed by atoms with Crippen LogP contribution >= 0.6 is 0 Å². The van der Waals surface area contributed by atoms with Crippen LogP contribution in [0.1, 0.15) is 109 Å². The summed E-state index contributed by atoms with van der Waals surface area (Å²) in [5.74, 6) is 4.10. The van der Waals surface area contributed by atoms with Gasteiger partial charge in [-0.15, -0.1) is 0 Å². The van der Waals surface area contributed by atoms with Crippen molar-refractivity contribution >= 4 is 0 Å². The van der Waals surface area contributed by atoms with E-state index in [4.69, 9.17) is 18.9 Å². The molecule has 0 saturated heterocycles. The van der Waals surface area contributed by atoms with E-state index in [1.165, 1.54) is 61.2 Å². The third-order valence-electron chi connectivity index (χ3n) is 10.1. The standard InChI is InChI=1S/C47H52O4/c1-5-24-48-44-33-16-12-18-35(44)30-37-20-22-39-40-23-21-38(31-36-19-13-17-34(29-33)45(36)49-25-6-2)47(51-27-8-4)43(40)41(28-32-14-10-9-11-15-32)42(39)46(37)50-26-7-3/h9-23,41H,5-8,24-31H2,1-4H3. The number of rotatable bonds is 14. The number of hydrogen-bond donors (Lipinski definition) is 0. The number of hydrogen-bond acceptors (Lipinski definition) is 4. The van der Waals surface area contributed by atoms with Gasteiger partial charge in [0.2, 0.25) is 0 Å². The van der Waals surface area contributed by atoms with Crippen LogP contribution in [-0.4, -0.2) is 26.4 Å². The molecule has 0 unspecified atom stereocenters. The highest BCUT2D eigenvalue weighted by atomic mass is 16.5. The molecule has 0 saturated carbocycles. The van der Waals surface area contributed by atoms with Crippen LogP contribution < -0.4 is 18.9 Å². The molecule has 2 aliphatic carbocycles. The normalized spacial score (nSPS) is 13.1. The van der Waals surface area contributed by atoms with E-state index in [2.05, 4.69) is 119 Å². The molecule has 8 bridgehead atoms. The predicted molar refractivity (Wildman–Crippen MR) is 208 cm³/mol. The third kappa shape index (κ3) is 7.11. The molecule has 4 nitrogen and oxygen atoms in total. The van der Waals surface area contributed by atoms with Gasteiger partial charge in [0.1, 0.15) is 23.0 Å². The molecule has 0 aliphatic heterocycles. The summed E-state index contributed by atoms with van der Waals surface area (Å²) in [6, 6.07) is 33.5. The maximum atomic E-state index is 6.88. The van der Waals surface area contributed by atoms with E-state index >= 15 is 0 Å². The van der Waals surface area contributed by atoms with Gasteiger partial charge in [0.15, 0.2) is 0 Å². The molecule has 0 aromatic heterocycles. The summed E-state index contributed by atoms with van der Waals surface area (Å²) in [5.41, 5.74) is 13.5. The highest BCUT2D eigenvalue weighted by Crippen LogP contribution is 2.55. The Hall–Kier alpha value is -4.70. The van der Waals surface area contributed by atoms with Gasteiger partial charge in [0, 0.05) is 36.3 Å². The molecule has 0 amide bonds. The van der Waals surface area contributed by atoms with Crippen molar-refractivity contribution < 1.29 is 18.9 Å². The Bertz CT molecular complexity index is 1840. The lowest BCUT2D eigenvalue weighted by Gasteiger charge is -2.24. The second-order valence-corrected chi connectivity index (χ2v) is 14.0. The molecule has 0 fully saturated rings. The summed E-state index contributed by atoms with van der Waals surface area (Å²) in [6.45, 7) is 11.4. The first kappa shape index (κ1) is 34.7. The topological polar surface area (TPSA) is 36.9 Å². The van der Waals surface area contributed by atoms with Crippen LogP contribution in [-0.2, 0) is 25.7 Å². The summed E-state index contributed by atoms with van der Waals surface area (Å²) in [7, 11) is 0. The maximum Gasteiger partial charge on any atom is 0.127 e. The summed E-state index contributed by atoms with van der Waals surface area (Å²) in [6.07, 6.45) is 6.80. The van der Waals surface area contributed by atoms with Crippen LogP contribution in [0.2, 0.25) is 0 Å². The minimum atomic E-state index is 0.0770. The summed E-state index contributed by atoms with van der Waals surface area (Å²) < 4.78 is 27.1. The van der Waals surface area contributed by atoms with Crippen molar-refractivity contribution in [2.45, 2.75) is 85.0 Å². The Balaban J connectivity index is 1.52. The second-order valence-electron chi connectivity index (χ2n) is 14.0. The number of benzene rings is 5. The van der Waals surface area contributed by atoms with Crippen molar-refractivity contribution in [3.05, 3.63) is 141 Å². The summed E-state index contributed by atoms with van der Waals surface area (Å²) >= 11 is 0. The lowest BCUT2D eigenvalue weighted by Crippen LogP contribution is -2.11. The lowest BCUT2D eigenvalue weighted by molar-refractivity contribution is 0.303. The number of ether oxygens (including phenoxy) is 4. The average Bonchev–Trinajstić information content (AvgIpc) is 3.46. The summed E-state index contributed by atoms with van der Waals surface area (Å²) in [4.78, 5) is 0. The summed E-state index contributed by atoms with van der Waals surface area (Å²) in [5, 5.41) is 0. The zero-order valence-electron chi connectivity index (χ0n) is 30.9. The first-order valence-corrected chi connectivity index (χ1v) is 19.2. The molecule has 0 heterocycles. The zero-order valence-corrected chi connectivity index (χ0v) is 30.9. The number of para-hydroxylation sites is 2. The van der Waals surface area contributed by atoms with E-state index in [-0.39, 0.29) is 5.92 Å². The highest BCUT2D eigenvalue weighted by Gasteiger charge is 2.37. The fourth-order valence-electron chi connectivity index (χ4n) is 7.90. The SMILES string of the molecule is CCCOc1c2cccc1Cc1ccc3c(c1OCCC)C(Cc1ccccc1)c1c-3ccc(c1OCCC)Cc1cccc(c1OCCC)C2. The molecule has 264 valence electrons. The van der Waals surface area contributed by atoms with Crippen LogP contribution in [0.4, 0.5) is 0 Å². The fraction of sp³-hybridized carbons (Fsp3) is 0.362. The molecular weight excluding hydrogens is 629 g/mol. The second kappa shape index (κ2) is 16.1. The highest BCUT2D eigenvalue weighted by molar-refractivity contribution is 5.85. The molecule has 7 rings (SSSR count). The predicted octanol–water partition coefficient (Wildman–Crippen LogP) is 11.3. The van der Waals surface area contributed by atoms with Gasteiger partial charge in [-0.2, -0.15) is 0 Å². The van der Waals surface area contributed by atoms with Gasteiger partial charge in [-0.1, -0.05) is 119 Å². The van der Waals surface area contributed by atoms with E-state index in [1.807, 2.05) is 0 Å². The minimum absolute atomic E-state index is 0.0770. The Kier molecular flexibility index (Phi) is 11.0. The molecule has 5 aromatic carbocycles. The van der Waals surface area contributed by atoms with Crippen molar-refractivity contribution in [3.63, 3.8) is 0 Å². The Morgan fingerprint density at radius 3 is 1.18 bits per heavy atom.